The van der Waals surface area contributed by atoms with Crippen LogP contribution in [0.5, 0.6) is 5.75 Å². The molecule has 200 valence electrons. The van der Waals surface area contributed by atoms with E-state index in [4.69, 9.17) is 10.5 Å². The van der Waals surface area contributed by atoms with E-state index in [0.717, 1.165) is 21.9 Å². The van der Waals surface area contributed by atoms with Crippen LogP contribution in [0.4, 0.5) is 17.2 Å². The highest BCUT2D eigenvalue weighted by Gasteiger charge is 2.24. The number of pyridine rings is 1. The fourth-order valence-electron chi connectivity index (χ4n) is 4.72. The number of hydrogen-bond donors (Lipinski definition) is 5. The molecule has 2 aliphatic rings. The van der Waals surface area contributed by atoms with Gasteiger partial charge in [-0.15, -0.1) is 0 Å². The van der Waals surface area contributed by atoms with Gasteiger partial charge in [-0.25, -0.2) is 9.19 Å². The Morgan fingerprint density at radius 3 is 2.59 bits per heavy atom. The molecular weight excluding hydrogens is 518 g/mol. The smallest absolute Gasteiger partial charge is 0.262 e. The second-order valence-corrected chi connectivity index (χ2v) is 10.3. The second kappa shape index (κ2) is 10.7. The molecule has 4 bridgehead atoms. The summed E-state index contributed by atoms with van der Waals surface area (Å²) < 4.78 is 27.6. The largest absolute Gasteiger partial charge is 0.483 e. The van der Waals surface area contributed by atoms with Crippen molar-refractivity contribution in [1.82, 2.24) is 10.3 Å². The van der Waals surface area contributed by atoms with E-state index < -0.39 is 17.1 Å². The summed E-state index contributed by atoms with van der Waals surface area (Å²) in [5.41, 5.74) is 9.72. The predicted molar refractivity (Wildman–Crippen MR) is 150 cm³/mol. The van der Waals surface area contributed by atoms with Gasteiger partial charge in [0.1, 0.15) is 17.6 Å². The first-order chi connectivity index (χ1) is 18.7. The lowest BCUT2D eigenvalue weighted by atomic mass is 9.98. The first-order valence-corrected chi connectivity index (χ1v) is 13.3. The number of amides is 2. The summed E-state index contributed by atoms with van der Waals surface area (Å²) in [6.07, 6.45) is 1.63. The van der Waals surface area contributed by atoms with Crippen molar-refractivity contribution in [1.29, 1.82) is 0 Å². The Morgan fingerprint density at radius 2 is 1.85 bits per heavy atom. The van der Waals surface area contributed by atoms with Gasteiger partial charge in [0.15, 0.2) is 17.7 Å². The van der Waals surface area contributed by atoms with Gasteiger partial charge in [0, 0.05) is 29.5 Å². The maximum atomic E-state index is 13.7. The molecule has 11 heteroatoms. The van der Waals surface area contributed by atoms with Gasteiger partial charge in [-0.2, -0.15) is 0 Å². The van der Waals surface area contributed by atoms with E-state index in [0.29, 0.717) is 34.1 Å². The molecule has 2 unspecified atom stereocenters. The van der Waals surface area contributed by atoms with Crippen molar-refractivity contribution < 1.29 is 23.1 Å². The summed E-state index contributed by atoms with van der Waals surface area (Å²) in [5, 5.41) is 10.6. The van der Waals surface area contributed by atoms with E-state index in [9.17, 15) is 18.4 Å². The van der Waals surface area contributed by atoms with Gasteiger partial charge in [-0.3, -0.25) is 9.59 Å². The molecule has 6 rings (SSSR count). The third-order valence-electron chi connectivity index (χ3n) is 6.52. The fraction of sp³-hybridized carbons (Fsp3) is 0.179. The molecule has 2 aliphatic heterocycles. The minimum absolute atomic E-state index is 0.0329. The van der Waals surface area contributed by atoms with Gasteiger partial charge in [-0.1, -0.05) is 0 Å². The molecule has 1 aromatic heterocycles. The van der Waals surface area contributed by atoms with E-state index in [-0.39, 0.29) is 29.9 Å². The zero-order valence-corrected chi connectivity index (χ0v) is 22.1. The molecular formula is C28H27N5O5S. The fourth-order valence-corrected chi connectivity index (χ4v) is 5.26. The molecule has 4 aromatic rings. The first kappa shape index (κ1) is 26.1. The van der Waals surface area contributed by atoms with E-state index in [1.54, 1.807) is 12.3 Å². The molecule has 6 N–H and O–H groups in total. The highest BCUT2D eigenvalue weighted by atomic mass is 32.2. The number of hydrogen-bond acceptors (Lipinski definition) is 7. The van der Waals surface area contributed by atoms with Crippen molar-refractivity contribution in [3.05, 3.63) is 83.0 Å². The maximum Gasteiger partial charge on any atom is 0.262 e. The Balaban J connectivity index is 1.57. The lowest BCUT2D eigenvalue weighted by Crippen LogP contribution is -2.33. The molecule has 3 aromatic carbocycles. The molecule has 0 radical (unpaired) electrons. The van der Waals surface area contributed by atoms with Crippen LogP contribution in [0.15, 0.2) is 65.7 Å². The predicted octanol–water partition coefficient (Wildman–Crippen LogP) is 3.81. The number of rotatable bonds is 3. The topological polar surface area (TPSA) is 156 Å². The lowest BCUT2D eigenvalue weighted by molar-refractivity contribution is -0.122. The minimum Gasteiger partial charge on any atom is -0.483 e. The van der Waals surface area contributed by atoms with E-state index >= 15 is 0 Å². The molecule has 0 saturated heterocycles. The van der Waals surface area contributed by atoms with Crippen LogP contribution < -0.4 is 26.4 Å². The average Bonchev–Trinajstić information content (AvgIpc) is 2.89. The van der Waals surface area contributed by atoms with E-state index in [1.807, 2.05) is 50.2 Å². The van der Waals surface area contributed by atoms with Gasteiger partial charge < -0.3 is 31.0 Å². The lowest BCUT2D eigenvalue weighted by Gasteiger charge is -2.22. The van der Waals surface area contributed by atoms with Crippen molar-refractivity contribution in [2.24, 2.45) is 0 Å². The summed E-state index contributed by atoms with van der Waals surface area (Å²) in [7, 11) is 0. The highest BCUT2D eigenvalue weighted by molar-refractivity contribution is 7.79. The van der Waals surface area contributed by atoms with Crippen molar-refractivity contribution in [3.63, 3.8) is 0 Å². The number of carbonyl (C=O) groups excluding carboxylic acids is 2. The Bertz CT molecular complexity index is 1620. The number of benzene rings is 3. The van der Waals surface area contributed by atoms with Crippen LogP contribution in [-0.4, -0.2) is 32.2 Å². The van der Waals surface area contributed by atoms with E-state index in [1.165, 1.54) is 12.1 Å². The molecule has 3 heterocycles. The van der Waals surface area contributed by atoms with Crippen LogP contribution in [0.2, 0.25) is 0 Å². The molecule has 39 heavy (non-hydrogen) atoms. The normalized spacial score (nSPS) is 16.4. The number of carbonyl (C=O) groups is 2. The van der Waals surface area contributed by atoms with Crippen LogP contribution in [0.1, 0.15) is 28.3 Å². The minimum atomic E-state index is -2.29. The Hall–Kier alpha value is -4.48. The monoisotopic (exact) mass is 545 g/mol. The molecule has 10 nitrogen and oxygen atoms in total. The number of aromatic nitrogens is 1. The van der Waals surface area contributed by atoms with Crippen molar-refractivity contribution in [2.75, 3.05) is 23.0 Å². The van der Waals surface area contributed by atoms with Crippen LogP contribution in [0.3, 0.4) is 0 Å². The molecule has 0 aliphatic carbocycles. The van der Waals surface area contributed by atoms with Crippen molar-refractivity contribution in [3.8, 4) is 5.75 Å². The summed E-state index contributed by atoms with van der Waals surface area (Å²) in [6.45, 7) is 3.45. The standard InChI is InChI=1S/C28H27N5O5S/c1-15-9-18-10-16(2)26(15)38-14-24(34)32-20-4-6-23(39(36)37)19(12-20)13-31-28(35)25(18)33-21-3-5-22-17(11-21)7-8-30-27(22)29/h3-12,25,33H,13-14H2,1-2H3,(H2,29,30)(H,31,35)(H,32,34)(H,36,37). The first-order valence-electron chi connectivity index (χ1n) is 12.2. The number of nitrogens with two attached hydrogens (primary N) is 1. The SMILES string of the molecule is Cc1cc2cc(C)c1OCC(=O)Nc1ccc(S(=O)O)c(c1)CNC(=O)C2Nc1ccc2c(N)nccc2c1. The van der Waals surface area contributed by atoms with Gasteiger partial charge >= 0.3 is 0 Å². The zero-order valence-electron chi connectivity index (χ0n) is 21.3. The number of anilines is 3. The van der Waals surface area contributed by atoms with Gasteiger partial charge in [0.2, 0.25) is 5.91 Å². The quantitative estimate of drug-likeness (QED) is 0.243. The Kier molecular flexibility index (Phi) is 7.18. The van der Waals surface area contributed by atoms with Crippen molar-refractivity contribution in [2.45, 2.75) is 31.3 Å². The Morgan fingerprint density at radius 1 is 1.08 bits per heavy atom. The van der Waals surface area contributed by atoms with Crippen LogP contribution in [0.25, 0.3) is 10.8 Å². The van der Waals surface area contributed by atoms with Crippen LogP contribution >= 0.6 is 0 Å². The van der Waals surface area contributed by atoms with Crippen molar-refractivity contribution >= 4 is 50.9 Å². The van der Waals surface area contributed by atoms with E-state index in [2.05, 4.69) is 20.9 Å². The summed E-state index contributed by atoms with van der Waals surface area (Å²) in [4.78, 5) is 30.5. The number of fused-ring (bicyclic) bond motifs is 9. The molecule has 2 atom stereocenters. The number of aryl methyl sites for hydroxylation is 2. The number of nitrogens with one attached hydrogen (secondary N) is 3. The van der Waals surface area contributed by atoms with Gasteiger partial charge in [0.25, 0.3) is 5.91 Å². The summed E-state index contributed by atoms with van der Waals surface area (Å²) >= 11 is -2.29. The average molecular weight is 546 g/mol. The Labute approximate surface area is 227 Å². The molecule has 2 amide bonds. The zero-order chi connectivity index (χ0) is 27.7. The number of nitrogens with zero attached hydrogens (tertiary/aromatic N) is 1. The third-order valence-corrected chi connectivity index (χ3v) is 7.29. The third kappa shape index (κ3) is 5.54. The van der Waals surface area contributed by atoms with Crippen LogP contribution in [0, 0.1) is 13.8 Å². The van der Waals surface area contributed by atoms with Gasteiger partial charge in [0.05, 0.1) is 4.90 Å². The van der Waals surface area contributed by atoms with Crippen LogP contribution in [-0.2, 0) is 27.2 Å². The molecule has 0 fully saturated rings. The molecule has 0 spiro atoms. The summed E-state index contributed by atoms with van der Waals surface area (Å²) in [5.74, 6) is 0.242. The number of nitrogen functional groups attached to an aromatic ring is 1. The van der Waals surface area contributed by atoms with Gasteiger partial charge in [-0.05, 0) is 96.1 Å². The summed E-state index contributed by atoms with van der Waals surface area (Å²) in [6, 6.07) is 14.8. The second-order valence-electron chi connectivity index (χ2n) is 9.32. The molecule has 0 saturated carbocycles. The highest BCUT2D eigenvalue weighted by Crippen LogP contribution is 2.31. The number of ether oxygens (including phenoxy) is 1. The maximum absolute atomic E-state index is 13.7.